The summed E-state index contributed by atoms with van der Waals surface area (Å²) in [7, 11) is 1.25. The molecule has 0 spiro atoms. The predicted molar refractivity (Wildman–Crippen MR) is 102 cm³/mol. The van der Waals surface area contributed by atoms with E-state index in [1.165, 1.54) is 7.11 Å². The third kappa shape index (κ3) is 5.05. The Bertz CT molecular complexity index is 822. The zero-order valence-corrected chi connectivity index (χ0v) is 16.1. The van der Waals surface area contributed by atoms with Crippen LogP contribution in [0.4, 0.5) is 4.39 Å². The fraction of sp³-hybridized carbons (Fsp3) is 0.550. The average molecular weight is 378 g/mol. The second kappa shape index (κ2) is 8.97. The third-order valence-electron chi connectivity index (χ3n) is 4.37. The summed E-state index contributed by atoms with van der Waals surface area (Å²) in [5.74, 6) is -1.09. The first-order valence-corrected chi connectivity index (χ1v) is 9.05. The van der Waals surface area contributed by atoms with Gasteiger partial charge in [0.2, 0.25) is 0 Å². The number of carbonyl (C=O) groups excluding carboxylic acids is 2. The molecule has 148 valence electrons. The van der Waals surface area contributed by atoms with Crippen molar-refractivity contribution in [3.8, 4) is 0 Å². The number of para-hydroxylation sites is 1. The molecule has 0 unspecified atom stereocenters. The van der Waals surface area contributed by atoms with Crippen LogP contribution in [-0.2, 0) is 16.1 Å². The van der Waals surface area contributed by atoms with Crippen LogP contribution in [0.5, 0.6) is 0 Å². The van der Waals surface area contributed by atoms with Crippen LogP contribution in [0.1, 0.15) is 51.9 Å². The minimum absolute atomic E-state index is 0.0587. The Labute approximate surface area is 160 Å². The molecular weight excluding hydrogens is 349 g/mol. The number of nitrogens with zero attached hydrogens (tertiary/aromatic N) is 2. The molecule has 0 radical (unpaired) electrons. The number of methoxy groups -OCH3 is 1. The van der Waals surface area contributed by atoms with E-state index in [4.69, 9.17) is 6.11 Å². The number of nitrogens with one attached hydrogen (secondary N) is 1. The summed E-state index contributed by atoms with van der Waals surface area (Å²) in [5, 5.41) is 7.82. The number of amides is 1. The van der Waals surface area contributed by atoms with Gasteiger partial charge in [-0.2, -0.15) is 5.10 Å². The zero-order chi connectivity index (χ0) is 20.7. The molecule has 0 aliphatic rings. The van der Waals surface area contributed by atoms with Crippen LogP contribution in [0, 0.1) is 5.41 Å². The highest BCUT2D eigenvalue weighted by Crippen LogP contribution is 2.23. The van der Waals surface area contributed by atoms with Crippen LogP contribution in [0.3, 0.4) is 0 Å². The van der Waals surface area contributed by atoms with Gasteiger partial charge in [0.05, 0.1) is 19.3 Å². The molecule has 2 aromatic rings. The molecule has 7 heteroatoms. The zero-order valence-electron chi connectivity index (χ0n) is 17.1. The van der Waals surface area contributed by atoms with Gasteiger partial charge in [0.1, 0.15) is 6.04 Å². The van der Waals surface area contributed by atoms with Crippen LogP contribution in [0.25, 0.3) is 10.9 Å². The van der Waals surface area contributed by atoms with Crippen LogP contribution in [0.2, 0.25) is 0 Å². The summed E-state index contributed by atoms with van der Waals surface area (Å²) >= 11 is 0. The Morgan fingerprint density at radius 1 is 1.33 bits per heavy atom. The van der Waals surface area contributed by atoms with Gasteiger partial charge in [-0.3, -0.25) is 13.9 Å². The molecule has 0 aliphatic heterocycles. The summed E-state index contributed by atoms with van der Waals surface area (Å²) in [6.45, 7) is 3.63. The smallest absolute Gasteiger partial charge is 0.328 e. The number of unbranched alkanes of at least 4 members (excludes halogenated alkanes) is 2. The van der Waals surface area contributed by atoms with Gasteiger partial charge in [0.25, 0.3) is 5.91 Å². The highest BCUT2D eigenvalue weighted by molar-refractivity contribution is 6.06. The van der Waals surface area contributed by atoms with Crippen LogP contribution >= 0.6 is 0 Å². The Morgan fingerprint density at radius 2 is 2.07 bits per heavy atom. The summed E-state index contributed by atoms with van der Waals surface area (Å²) in [6.07, 6.45) is 2.01. The molecule has 1 aromatic carbocycles. The molecular formula is C20H28FN3O3. The van der Waals surface area contributed by atoms with Crippen molar-refractivity contribution < 1.29 is 20.1 Å². The number of carbonyl (C=O) groups is 2. The van der Waals surface area contributed by atoms with Crippen LogP contribution in [0.15, 0.2) is 24.3 Å². The second-order valence-corrected chi connectivity index (χ2v) is 7.26. The number of aromatic nitrogens is 2. The quantitative estimate of drug-likeness (QED) is 0.564. The van der Waals surface area contributed by atoms with Gasteiger partial charge in [0.15, 0.2) is 5.69 Å². The molecule has 0 saturated carbocycles. The van der Waals surface area contributed by atoms with Crippen LogP contribution in [-0.4, -0.2) is 41.5 Å². The number of hydrogen-bond acceptors (Lipinski definition) is 4. The SMILES string of the molecule is [2H]CC(C)(C)[C@H](NC(=O)c1nn(CCCCCF)c2ccccc12)C(=O)OC. The summed E-state index contributed by atoms with van der Waals surface area (Å²) in [6, 6.07) is 6.40. The molecule has 0 saturated heterocycles. The summed E-state index contributed by atoms with van der Waals surface area (Å²) < 4.78 is 26.5. The van der Waals surface area contributed by atoms with E-state index in [2.05, 4.69) is 10.4 Å². The average Bonchev–Trinajstić information content (AvgIpc) is 3.07. The second-order valence-electron chi connectivity index (χ2n) is 7.26. The lowest BCUT2D eigenvalue weighted by Gasteiger charge is -2.28. The van der Waals surface area contributed by atoms with Gasteiger partial charge in [0, 0.05) is 13.3 Å². The highest BCUT2D eigenvalue weighted by atomic mass is 19.1. The van der Waals surface area contributed by atoms with Crippen molar-refractivity contribution in [2.24, 2.45) is 5.41 Å². The number of aryl methyl sites for hydroxylation is 1. The first-order chi connectivity index (χ1) is 13.4. The number of ether oxygens (including phenoxy) is 1. The van der Waals surface area contributed by atoms with E-state index in [0.29, 0.717) is 18.4 Å². The fourth-order valence-electron chi connectivity index (χ4n) is 2.89. The molecule has 1 heterocycles. The van der Waals surface area contributed by atoms with Gasteiger partial charge in [-0.1, -0.05) is 38.9 Å². The van der Waals surface area contributed by atoms with E-state index in [1.807, 2.05) is 18.2 Å². The minimum atomic E-state index is -0.962. The van der Waals surface area contributed by atoms with Crippen molar-refractivity contribution in [3.05, 3.63) is 30.0 Å². The van der Waals surface area contributed by atoms with Crippen molar-refractivity contribution in [1.29, 1.82) is 0 Å². The molecule has 0 bridgehead atoms. The maximum Gasteiger partial charge on any atom is 0.328 e. The fourth-order valence-corrected chi connectivity index (χ4v) is 2.89. The monoisotopic (exact) mass is 378 g/mol. The molecule has 1 amide bonds. The predicted octanol–water partition coefficient (Wildman–Crippen LogP) is 3.49. The van der Waals surface area contributed by atoms with Crippen molar-refractivity contribution in [2.45, 2.75) is 52.6 Å². The number of alkyl halides is 1. The number of fused-ring (bicyclic) bond motifs is 1. The molecule has 0 fully saturated rings. The number of halogens is 1. The largest absolute Gasteiger partial charge is 0.467 e. The third-order valence-corrected chi connectivity index (χ3v) is 4.37. The Balaban J connectivity index is 2.30. The molecule has 6 nitrogen and oxygen atoms in total. The van der Waals surface area contributed by atoms with Crippen molar-refractivity contribution >= 4 is 22.8 Å². The Morgan fingerprint density at radius 3 is 2.74 bits per heavy atom. The number of hydrogen-bond donors (Lipinski definition) is 1. The number of rotatable bonds is 8. The number of benzene rings is 1. The molecule has 1 atom stereocenters. The van der Waals surface area contributed by atoms with E-state index in [1.54, 1.807) is 24.6 Å². The maximum atomic E-state index is 12.9. The molecule has 27 heavy (non-hydrogen) atoms. The standard InChI is InChI=1S/C20H28FN3O3/c1-20(2,3)17(19(26)27-4)22-18(25)16-14-10-6-7-11-15(14)24(23-16)13-9-5-8-12-21/h6-7,10-11,17H,5,8-9,12-13H2,1-4H3,(H,22,25)/t17-/m1/s1/i1D. The first-order valence-electron chi connectivity index (χ1n) is 9.76. The summed E-state index contributed by atoms with van der Waals surface area (Å²) in [4.78, 5) is 25.1. The maximum absolute atomic E-state index is 12.9. The van der Waals surface area contributed by atoms with Gasteiger partial charge >= 0.3 is 5.97 Å². The van der Waals surface area contributed by atoms with Crippen molar-refractivity contribution in [3.63, 3.8) is 0 Å². The van der Waals surface area contributed by atoms with Gasteiger partial charge in [-0.15, -0.1) is 0 Å². The lowest BCUT2D eigenvalue weighted by atomic mass is 9.86. The van der Waals surface area contributed by atoms with Gasteiger partial charge in [-0.25, -0.2) is 4.79 Å². The van der Waals surface area contributed by atoms with E-state index in [0.717, 1.165) is 18.4 Å². The molecule has 2 rings (SSSR count). The van der Waals surface area contributed by atoms with Crippen molar-refractivity contribution in [2.75, 3.05) is 13.8 Å². The normalized spacial score (nSPS) is 13.3. The van der Waals surface area contributed by atoms with E-state index >= 15 is 0 Å². The van der Waals surface area contributed by atoms with Crippen molar-refractivity contribution in [1.82, 2.24) is 15.1 Å². The topological polar surface area (TPSA) is 73.2 Å². The molecule has 0 aliphatic carbocycles. The molecule has 1 aromatic heterocycles. The molecule has 1 N–H and O–H groups in total. The van der Waals surface area contributed by atoms with Gasteiger partial charge in [-0.05, 0) is 30.7 Å². The van der Waals surface area contributed by atoms with E-state index in [-0.39, 0.29) is 19.3 Å². The minimum Gasteiger partial charge on any atom is -0.467 e. The van der Waals surface area contributed by atoms with Gasteiger partial charge < -0.3 is 10.1 Å². The Hall–Kier alpha value is -2.44. The van der Waals surface area contributed by atoms with E-state index in [9.17, 15) is 14.0 Å². The highest BCUT2D eigenvalue weighted by Gasteiger charge is 2.34. The Kier molecular flexibility index (Phi) is 6.42. The first kappa shape index (κ1) is 19.3. The lowest BCUT2D eigenvalue weighted by Crippen LogP contribution is -2.49. The van der Waals surface area contributed by atoms with E-state index < -0.39 is 23.3 Å². The summed E-state index contributed by atoms with van der Waals surface area (Å²) in [5.41, 5.74) is 0.228. The number of esters is 1. The van der Waals surface area contributed by atoms with Crippen LogP contribution < -0.4 is 5.32 Å². The lowest BCUT2D eigenvalue weighted by molar-refractivity contribution is -0.145.